The summed E-state index contributed by atoms with van der Waals surface area (Å²) in [5.41, 5.74) is 1.56. The summed E-state index contributed by atoms with van der Waals surface area (Å²) in [6, 6.07) is 25.8. The smallest absolute Gasteiger partial charge is 0.264 e. The molecule has 0 fully saturated rings. The molecule has 0 aliphatic rings. The van der Waals surface area contributed by atoms with Crippen molar-refractivity contribution in [3.63, 3.8) is 0 Å². The first-order valence-corrected chi connectivity index (χ1v) is 17.1. The van der Waals surface area contributed by atoms with Gasteiger partial charge < -0.3 is 15.0 Å². The van der Waals surface area contributed by atoms with E-state index in [1.807, 2.05) is 39.0 Å². The number of aryl methyl sites for hydroxylation is 1. The number of halogens is 2. The van der Waals surface area contributed by atoms with Crippen molar-refractivity contribution in [1.82, 2.24) is 10.2 Å². The molecular formula is C35H37Cl2N3O5S. The molecule has 0 spiro atoms. The Hall–Kier alpha value is -4.05. The Morgan fingerprint density at radius 1 is 0.826 bits per heavy atom. The number of nitrogens with one attached hydrogen (secondary N) is 1. The molecular weight excluding hydrogens is 645 g/mol. The second kappa shape index (κ2) is 15.5. The quantitative estimate of drug-likeness (QED) is 0.157. The summed E-state index contributed by atoms with van der Waals surface area (Å²) in [4.78, 5) is 28.8. The molecule has 0 saturated carbocycles. The predicted octanol–water partition coefficient (Wildman–Crippen LogP) is 7.62. The summed E-state index contributed by atoms with van der Waals surface area (Å²) in [6.45, 7) is 6.53. The summed E-state index contributed by atoms with van der Waals surface area (Å²) in [7, 11) is -4.24. The predicted molar refractivity (Wildman–Crippen MR) is 183 cm³/mol. The van der Waals surface area contributed by atoms with Crippen LogP contribution in [0.3, 0.4) is 0 Å². The average Bonchev–Trinajstić information content (AvgIpc) is 3.04. The summed E-state index contributed by atoms with van der Waals surface area (Å²) in [6.07, 6.45) is 0.690. The Morgan fingerprint density at radius 2 is 1.41 bits per heavy atom. The molecule has 2 amide bonds. The molecule has 1 N–H and O–H groups in total. The lowest BCUT2D eigenvalue weighted by Crippen LogP contribution is -2.52. The van der Waals surface area contributed by atoms with E-state index in [0.717, 1.165) is 9.87 Å². The molecule has 4 aromatic rings. The van der Waals surface area contributed by atoms with Crippen molar-refractivity contribution in [2.24, 2.45) is 0 Å². The number of hydrogen-bond acceptors (Lipinski definition) is 5. The van der Waals surface area contributed by atoms with Crippen molar-refractivity contribution >= 4 is 50.7 Å². The van der Waals surface area contributed by atoms with Gasteiger partial charge in [0.1, 0.15) is 24.1 Å². The molecule has 242 valence electrons. The fraction of sp³-hybridized carbons (Fsp3) is 0.257. The normalized spacial score (nSPS) is 12.6. The van der Waals surface area contributed by atoms with Crippen molar-refractivity contribution in [3.8, 4) is 11.5 Å². The first kappa shape index (κ1) is 34.8. The highest BCUT2D eigenvalue weighted by Gasteiger charge is 2.33. The minimum atomic E-state index is -4.24. The lowest BCUT2D eigenvalue weighted by Gasteiger charge is -2.33. The Labute approximate surface area is 280 Å². The fourth-order valence-electron chi connectivity index (χ4n) is 4.57. The molecule has 4 rings (SSSR count). The van der Waals surface area contributed by atoms with Crippen LogP contribution in [-0.2, 0) is 26.2 Å². The lowest BCUT2D eigenvalue weighted by molar-refractivity contribution is -0.139. The number of carbonyl (C=O) groups excluding carboxylic acids is 2. The average molecular weight is 683 g/mol. The van der Waals surface area contributed by atoms with E-state index in [4.69, 9.17) is 27.9 Å². The van der Waals surface area contributed by atoms with Crippen LogP contribution in [0, 0.1) is 6.92 Å². The van der Waals surface area contributed by atoms with E-state index in [-0.39, 0.29) is 29.1 Å². The highest BCUT2D eigenvalue weighted by molar-refractivity contribution is 7.92. The van der Waals surface area contributed by atoms with Gasteiger partial charge in [-0.2, -0.15) is 0 Å². The number of benzene rings is 4. The number of rotatable bonds is 13. The lowest BCUT2D eigenvalue weighted by atomic mass is 10.1. The zero-order valence-electron chi connectivity index (χ0n) is 26.1. The number of nitrogens with zero attached hydrogens (tertiary/aromatic N) is 2. The van der Waals surface area contributed by atoms with E-state index in [2.05, 4.69) is 5.32 Å². The number of hydrogen-bond donors (Lipinski definition) is 1. The molecule has 2 atom stereocenters. The maximum atomic E-state index is 14.2. The van der Waals surface area contributed by atoms with E-state index in [1.54, 1.807) is 73.7 Å². The van der Waals surface area contributed by atoms with Gasteiger partial charge in [0.15, 0.2) is 0 Å². The van der Waals surface area contributed by atoms with Crippen LogP contribution in [0.1, 0.15) is 38.3 Å². The molecule has 46 heavy (non-hydrogen) atoms. The van der Waals surface area contributed by atoms with Crippen LogP contribution in [0.4, 0.5) is 5.69 Å². The first-order chi connectivity index (χ1) is 21.9. The third-order valence-corrected chi connectivity index (χ3v) is 10.0. The van der Waals surface area contributed by atoms with Crippen molar-refractivity contribution in [2.45, 2.75) is 57.6 Å². The molecule has 0 saturated heterocycles. The monoisotopic (exact) mass is 681 g/mol. The second-order valence-corrected chi connectivity index (χ2v) is 13.6. The van der Waals surface area contributed by atoms with Crippen LogP contribution in [0.2, 0.25) is 10.0 Å². The van der Waals surface area contributed by atoms with Crippen LogP contribution in [0.15, 0.2) is 102 Å². The van der Waals surface area contributed by atoms with E-state index < -0.39 is 28.5 Å². The highest BCUT2D eigenvalue weighted by Crippen LogP contribution is 2.30. The summed E-state index contributed by atoms with van der Waals surface area (Å²) >= 11 is 12.9. The Kier molecular flexibility index (Phi) is 11.7. The summed E-state index contributed by atoms with van der Waals surface area (Å²) in [5.74, 6) is 0.0942. The Balaban J connectivity index is 1.73. The maximum absolute atomic E-state index is 14.2. The van der Waals surface area contributed by atoms with E-state index in [9.17, 15) is 18.0 Å². The third kappa shape index (κ3) is 8.60. The maximum Gasteiger partial charge on any atom is 0.264 e. The number of anilines is 1. The molecule has 4 aromatic carbocycles. The van der Waals surface area contributed by atoms with Gasteiger partial charge in [0.2, 0.25) is 11.8 Å². The van der Waals surface area contributed by atoms with Gasteiger partial charge in [0.25, 0.3) is 10.0 Å². The van der Waals surface area contributed by atoms with Crippen LogP contribution in [0.25, 0.3) is 0 Å². The fourth-order valence-corrected chi connectivity index (χ4v) is 6.50. The number of ether oxygens (including phenoxy) is 1. The summed E-state index contributed by atoms with van der Waals surface area (Å²) in [5, 5.41) is 3.54. The van der Waals surface area contributed by atoms with E-state index in [1.165, 1.54) is 17.0 Å². The van der Waals surface area contributed by atoms with Crippen molar-refractivity contribution in [1.29, 1.82) is 0 Å². The third-order valence-electron chi connectivity index (χ3n) is 7.55. The molecule has 0 bridgehead atoms. The van der Waals surface area contributed by atoms with Gasteiger partial charge in [0.05, 0.1) is 10.6 Å². The van der Waals surface area contributed by atoms with Crippen molar-refractivity contribution in [3.05, 3.63) is 118 Å². The number of amides is 2. The van der Waals surface area contributed by atoms with Gasteiger partial charge >= 0.3 is 0 Å². The van der Waals surface area contributed by atoms with Gasteiger partial charge in [0, 0.05) is 28.2 Å². The topological polar surface area (TPSA) is 96.0 Å². The zero-order valence-corrected chi connectivity index (χ0v) is 28.4. The van der Waals surface area contributed by atoms with Crippen LogP contribution in [-0.4, -0.2) is 43.8 Å². The largest absolute Gasteiger partial charge is 0.457 e. The number of carbonyl (C=O) groups is 2. The molecule has 0 unspecified atom stereocenters. The van der Waals surface area contributed by atoms with Crippen LogP contribution < -0.4 is 14.4 Å². The van der Waals surface area contributed by atoms with Gasteiger partial charge in [-0.3, -0.25) is 13.9 Å². The Bertz CT molecular complexity index is 1730. The van der Waals surface area contributed by atoms with E-state index >= 15 is 0 Å². The number of para-hydroxylation sites is 1. The minimum absolute atomic E-state index is 0.0128. The number of sulfonamides is 1. The molecule has 0 aliphatic carbocycles. The van der Waals surface area contributed by atoms with Crippen LogP contribution in [0.5, 0.6) is 11.5 Å². The highest BCUT2D eigenvalue weighted by atomic mass is 35.5. The van der Waals surface area contributed by atoms with E-state index in [0.29, 0.717) is 33.5 Å². The van der Waals surface area contributed by atoms with Crippen molar-refractivity contribution < 1.29 is 22.7 Å². The molecule has 11 heteroatoms. The van der Waals surface area contributed by atoms with Gasteiger partial charge in [-0.15, -0.1) is 0 Å². The molecule has 0 heterocycles. The molecule has 0 radical (unpaired) electrons. The minimum Gasteiger partial charge on any atom is -0.457 e. The van der Waals surface area contributed by atoms with Gasteiger partial charge in [-0.05, 0) is 87.9 Å². The SMILES string of the molecule is CC[C@H](C)NC(=O)[C@H](C)N(Cc1c(Cl)cccc1Cl)C(=O)CN(c1ccc(Oc2ccccc2)cc1)S(=O)(=O)c1ccc(C)cc1. The van der Waals surface area contributed by atoms with Gasteiger partial charge in [-0.25, -0.2) is 8.42 Å². The zero-order chi connectivity index (χ0) is 33.4. The Morgan fingerprint density at radius 3 is 2.00 bits per heavy atom. The summed E-state index contributed by atoms with van der Waals surface area (Å²) < 4.78 is 35.2. The standard InChI is InChI=1S/C35H37Cl2N3O5S/c1-5-25(3)38-35(42)26(4)39(22-31-32(36)12-9-13-33(31)37)34(41)23-40(46(43,44)30-20-14-24(2)15-21-30)27-16-18-29(19-17-27)45-28-10-7-6-8-11-28/h6-21,25-26H,5,22-23H2,1-4H3,(H,38,42)/t25-,26-/m0/s1. The first-order valence-electron chi connectivity index (χ1n) is 14.9. The van der Waals surface area contributed by atoms with Crippen LogP contribution >= 0.6 is 23.2 Å². The van der Waals surface area contributed by atoms with Gasteiger partial charge in [-0.1, -0.05) is 72.1 Å². The molecule has 0 aliphatic heterocycles. The second-order valence-electron chi connectivity index (χ2n) is 10.9. The molecule has 8 nitrogen and oxygen atoms in total. The molecule has 0 aromatic heterocycles. The van der Waals surface area contributed by atoms with Crippen molar-refractivity contribution in [2.75, 3.05) is 10.8 Å².